The minimum atomic E-state index is -0.303. The van der Waals surface area contributed by atoms with Crippen molar-refractivity contribution < 1.29 is 8.78 Å². The fourth-order valence-corrected chi connectivity index (χ4v) is 5.77. The summed E-state index contributed by atoms with van der Waals surface area (Å²) in [6, 6.07) is 16.3. The number of aryl methyl sites for hydroxylation is 2. The molecule has 200 valence electrons. The summed E-state index contributed by atoms with van der Waals surface area (Å²) >= 11 is 0. The van der Waals surface area contributed by atoms with Crippen LogP contribution in [0.5, 0.6) is 0 Å². The highest BCUT2D eigenvalue weighted by molar-refractivity contribution is 5.89. The number of halogens is 2. The second kappa shape index (κ2) is 10.6. The van der Waals surface area contributed by atoms with Gasteiger partial charge in [0.05, 0.1) is 17.2 Å². The molecular weight excluding hydrogens is 496 g/mol. The highest BCUT2D eigenvalue weighted by Crippen LogP contribution is 2.37. The summed E-state index contributed by atoms with van der Waals surface area (Å²) in [6.07, 6.45) is 0.670. The maximum absolute atomic E-state index is 14.2. The molecule has 2 aromatic carbocycles. The van der Waals surface area contributed by atoms with Crippen LogP contribution in [-0.2, 0) is 13.5 Å². The topological polar surface area (TPSA) is 45.7 Å². The third kappa shape index (κ3) is 4.90. The predicted molar refractivity (Wildman–Crippen MR) is 150 cm³/mol. The molecule has 0 spiro atoms. The summed E-state index contributed by atoms with van der Waals surface area (Å²) in [5, 5.41) is 0. The number of fused-ring (bicyclic) bond motifs is 1. The summed E-state index contributed by atoms with van der Waals surface area (Å²) in [7, 11) is 1.71. The molecule has 1 aliphatic heterocycles. The number of piperazine rings is 1. The smallest absolute Gasteiger partial charge is 0.270 e. The summed E-state index contributed by atoms with van der Waals surface area (Å²) in [5.41, 5.74) is 4.73. The summed E-state index contributed by atoms with van der Waals surface area (Å²) in [5.74, 6) is -0.299. The van der Waals surface area contributed by atoms with Gasteiger partial charge >= 0.3 is 0 Å². The zero-order valence-corrected chi connectivity index (χ0v) is 22.5. The van der Waals surface area contributed by atoms with Crippen LogP contribution in [0, 0.1) is 18.2 Å². The molecule has 3 atom stereocenters. The fraction of sp³-hybridized carbons (Fsp3) is 0.323. The van der Waals surface area contributed by atoms with E-state index >= 15 is 0 Å². The van der Waals surface area contributed by atoms with E-state index < -0.39 is 0 Å². The van der Waals surface area contributed by atoms with Gasteiger partial charge in [-0.05, 0) is 73.4 Å². The first-order valence-corrected chi connectivity index (χ1v) is 13.2. The molecular formula is C31H31F2N5O. The van der Waals surface area contributed by atoms with E-state index in [4.69, 9.17) is 6.57 Å². The minimum Gasteiger partial charge on any atom is -0.362 e. The van der Waals surface area contributed by atoms with Gasteiger partial charge in [0.1, 0.15) is 11.6 Å². The van der Waals surface area contributed by atoms with E-state index in [0.717, 1.165) is 16.7 Å². The molecule has 0 radical (unpaired) electrons. The Bertz CT molecular complexity index is 1630. The van der Waals surface area contributed by atoms with Crippen LogP contribution >= 0.6 is 0 Å². The average Bonchev–Trinajstić information content (AvgIpc) is 2.94. The number of nitrogens with zero attached hydrogens (tertiary/aromatic N) is 5. The van der Waals surface area contributed by atoms with Crippen molar-refractivity contribution in [3.05, 3.63) is 111 Å². The quantitative estimate of drug-likeness (QED) is 0.298. The Labute approximate surface area is 226 Å². The van der Waals surface area contributed by atoms with Crippen LogP contribution in [-0.4, -0.2) is 39.6 Å². The van der Waals surface area contributed by atoms with E-state index in [9.17, 15) is 13.6 Å². The number of hydrogen-bond donors (Lipinski definition) is 0. The Balaban J connectivity index is 1.58. The SMILES string of the molecule is [C-]#[N+]c1ccc2c(n1)c(N1C[C@@H](C)N(C(c3ccc(F)cc3)c3ccc(F)cc3CC)C[C@@H]1C)cc(=O)n2C. The van der Waals surface area contributed by atoms with Crippen molar-refractivity contribution in [2.75, 3.05) is 18.0 Å². The van der Waals surface area contributed by atoms with Gasteiger partial charge in [-0.2, -0.15) is 0 Å². The lowest BCUT2D eigenvalue weighted by atomic mass is 9.89. The number of aromatic nitrogens is 2. The molecule has 0 amide bonds. The van der Waals surface area contributed by atoms with Gasteiger partial charge in [0.2, 0.25) is 5.52 Å². The van der Waals surface area contributed by atoms with E-state index in [1.165, 1.54) is 18.2 Å². The molecule has 0 bridgehead atoms. The van der Waals surface area contributed by atoms with Gasteiger partial charge in [0.15, 0.2) is 0 Å². The summed E-state index contributed by atoms with van der Waals surface area (Å²) in [6.45, 7) is 14.9. The van der Waals surface area contributed by atoms with E-state index in [2.05, 4.69) is 33.5 Å². The van der Waals surface area contributed by atoms with Gasteiger partial charge in [-0.15, -0.1) is 4.98 Å². The summed E-state index contributed by atoms with van der Waals surface area (Å²) in [4.78, 5) is 25.5. The monoisotopic (exact) mass is 527 g/mol. The molecule has 5 rings (SSSR count). The zero-order chi connectivity index (χ0) is 27.8. The first-order chi connectivity index (χ1) is 18.7. The number of hydrogen-bond acceptors (Lipinski definition) is 4. The minimum absolute atomic E-state index is 0.0108. The highest BCUT2D eigenvalue weighted by atomic mass is 19.1. The van der Waals surface area contributed by atoms with Crippen molar-refractivity contribution in [3.63, 3.8) is 0 Å². The molecule has 0 N–H and O–H groups in total. The van der Waals surface area contributed by atoms with Crippen molar-refractivity contribution in [1.82, 2.24) is 14.5 Å². The fourth-order valence-electron chi connectivity index (χ4n) is 5.77. The van der Waals surface area contributed by atoms with Gasteiger partial charge in [-0.3, -0.25) is 9.69 Å². The van der Waals surface area contributed by atoms with Crippen molar-refractivity contribution in [2.45, 2.75) is 45.3 Å². The van der Waals surface area contributed by atoms with E-state index in [0.29, 0.717) is 36.2 Å². The average molecular weight is 528 g/mol. The lowest BCUT2D eigenvalue weighted by Gasteiger charge is -2.48. The molecule has 0 saturated carbocycles. The van der Waals surface area contributed by atoms with E-state index in [1.54, 1.807) is 48.0 Å². The normalized spacial score (nSPS) is 18.7. The molecule has 1 saturated heterocycles. The summed E-state index contributed by atoms with van der Waals surface area (Å²) < 4.78 is 29.6. The van der Waals surface area contributed by atoms with E-state index in [1.807, 2.05) is 13.0 Å². The molecule has 1 aliphatic rings. The van der Waals surface area contributed by atoms with Crippen molar-refractivity contribution in [3.8, 4) is 0 Å². The Kier molecular flexibility index (Phi) is 7.19. The van der Waals surface area contributed by atoms with Crippen molar-refractivity contribution >= 4 is 22.5 Å². The van der Waals surface area contributed by atoms with Crippen LogP contribution in [0.1, 0.15) is 43.5 Å². The lowest BCUT2D eigenvalue weighted by molar-refractivity contribution is 0.129. The number of anilines is 1. The van der Waals surface area contributed by atoms with Crippen molar-refractivity contribution in [2.24, 2.45) is 7.05 Å². The Morgan fingerprint density at radius 1 is 1.00 bits per heavy atom. The van der Waals surface area contributed by atoms with Crippen molar-refractivity contribution in [1.29, 1.82) is 0 Å². The number of rotatable bonds is 5. The van der Waals surface area contributed by atoms with E-state index in [-0.39, 0.29) is 41.1 Å². The molecule has 1 unspecified atom stereocenters. The predicted octanol–water partition coefficient (Wildman–Crippen LogP) is 6.01. The maximum Gasteiger partial charge on any atom is 0.270 e. The number of benzene rings is 2. The third-order valence-corrected chi connectivity index (χ3v) is 7.81. The Morgan fingerprint density at radius 2 is 1.72 bits per heavy atom. The molecule has 1 fully saturated rings. The first kappa shape index (κ1) is 26.5. The van der Waals surface area contributed by atoms with Gasteiger partial charge in [-0.25, -0.2) is 8.78 Å². The highest BCUT2D eigenvalue weighted by Gasteiger charge is 2.37. The molecule has 4 aromatic rings. The zero-order valence-electron chi connectivity index (χ0n) is 22.5. The molecule has 6 nitrogen and oxygen atoms in total. The van der Waals surface area contributed by atoms with Gasteiger partial charge < -0.3 is 14.3 Å². The second-order valence-corrected chi connectivity index (χ2v) is 10.3. The van der Waals surface area contributed by atoms with Crippen LogP contribution in [0.2, 0.25) is 0 Å². The maximum atomic E-state index is 14.2. The molecule has 2 aromatic heterocycles. The molecule has 39 heavy (non-hydrogen) atoms. The number of pyridine rings is 2. The van der Waals surface area contributed by atoms with Crippen LogP contribution in [0.3, 0.4) is 0 Å². The first-order valence-electron chi connectivity index (χ1n) is 13.2. The van der Waals surface area contributed by atoms with Crippen LogP contribution < -0.4 is 10.5 Å². The molecule has 3 heterocycles. The Hall–Kier alpha value is -4.09. The van der Waals surface area contributed by atoms with Crippen LogP contribution in [0.25, 0.3) is 15.9 Å². The van der Waals surface area contributed by atoms with Crippen LogP contribution in [0.4, 0.5) is 20.3 Å². The third-order valence-electron chi connectivity index (χ3n) is 7.81. The molecule has 8 heteroatoms. The largest absolute Gasteiger partial charge is 0.362 e. The van der Waals surface area contributed by atoms with Crippen LogP contribution in [0.15, 0.2) is 65.5 Å². The Morgan fingerprint density at radius 3 is 2.41 bits per heavy atom. The standard InChI is InChI=1S/C31H31F2N5O/c1-6-21-15-24(33)11-12-25(21)31(22-7-9-23(32)10-8-22)38-18-19(2)37(17-20(38)3)27-16-29(39)36(5)26-13-14-28(34-4)35-30(26)27/h7-16,19-20,31H,6,17-18H2,1-3,5H3/t19-,20+,31?/m0/s1. The van der Waals surface area contributed by atoms with Gasteiger partial charge in [0, 0.05) is 38.3 Å². The van der Waals surface area contributed by atoms with Gasteiger partial charge in [-0.1, -0.05) is 31.7 Å². The second-order valence-electron chi connectivity index (χ2n) is 10.3. The molecule has 0 aliphatic carbocycles. The lowest BCUT2D eigenvalue weighted by Crippen LogP contribution is -2.57. The van der Waals surface area contributed by atoms with Gasteiger partial charge in [0.25, 0.3) is 11.4 Å².